The van der Waals surface area contributed by atoms with E-state index < -0.39 is 16.8 Å². The van der Waals surface area contributed by atoms with Crippen LogP contribution in [0.2, 0.25) is 0 Å². The van der Waals surface area contributed by atoms with Crippen LogP contribution in [-0.4, -0.2) is 28.9 Å². The molecule has 0 spiro atoms. The molecule has 0 fully saturated rings. The molecule has 0 atom stereocenters. The normalized spacial score (nSPS) is 10.7. The highest BCUT2D eigenvalue weighted by atomic mass is 16.6. The van der Waals surface area contributed by atoms with Gasteiger partial charge in [0.25, 0.3) is 11.6 Å². The minimum atomic E-state index is -0.650. The summed E-state index contributed by atoms with van der Waals surface area (Å²) in [6.07, 6.45) is 1.15. The summed E-state index contributed by atoms with van der Waals surface area (Å²) < 4.78 is 5.37. The topological polar surface area (TPSA) is 140 Å². The van der Waals surface area contributed by atoms with Gasteiger partial charge in [-0.05, 0) is 42.5 Å². The minimum absolute atomic E-state index is 0.0349. The third-order valence-corrected chi connectivity index (χ3v) is 4.73. The number of ether oxygens (including phenoxy) is 1. The first-order valence-corrected chi connectivity index (χ1v) is 10.5. The van der Waals surface area contributed by atoms with E-state index in [1.54, 1.807) is 56.3 Å². The molecule has 0 aliphatic carbocycles. The number of amides is 2. The number of benzene rings is 3. The van der Waals surface area contributed by atoms with Gasteiger partial charge in [0.1, 0.15) is 5.75 Å². The van der Waals surface area contributed by atoms with Crippen LogP contribution in [0.15, 0.2) is 77.9 Å². The van der Waals surface area contributed by atoms with E-state index in [-0.39, 0.29) is 34.4 Å². The fourth-order valence-corrected chi connectivity index (χ4v) is 2.79. The predicted octanol–water partition coefficient (Wildman–Crippen LogP) is 4.17. The largest absolute Gasteiger partial charge is 0.422 e. The Morgan fingerprint density at radius 2 is 1.66 bits per heavy atom. The molecule has 0 aliphatic rings. The lowest BCUT2D eigenvalue weighted by atomic mass is 10.1. The Kier molecular flexibility index (Phi) is 8.02. The van der Waals surface area contributed by atoms with Crippen LogP contribution in [0.25, 0.3) is 0 Å². The first kappa shape index (κ1) is 24.8. The van der Waals surface area contributed by atoms with Crippen LogP contribution in [-0.2, 0) is 4.79 Å². The summed E-state index contributed by atoms with van der Waals surface area (Å²) in [7, 11) is 0. The number of nitrogens with zero attached hydrogens (tertiary/aromatic N) is 2. The van der Waals surface area contributed by atoms with E-state index in [1.165, 1.54) is 30.3 Å². The van der Waals surface area contributed by atoms with Crippen LogP contribution < -0.4 is 15.5 Å². The van der Waals surface area contributed by atoms with Crippen molar-refractivity contribution in [1.29, 1.82) is 0 Å². The number of hydrazone groups is 1. The number of nitro groups is 1. The van der Waals surface area contributed by atoms with Gasteiger partial charge < -0.3 is 10.1 Å². The highest BCUT2D eigenvalue weighted by Crippen LogP contribution is 2.24. The molecule has 0 unspecified atom stereocenters. The molecule has 0 saturated heterocycles. The molecule has 0 aliphatic heterocycles. The van der Waals surface area contributed by atoms with Gasteiger partial charge in [0.05, 0.1) is 16.7 Å². The monoisotopic (exact) mass is 474 g/mol. The maximum Gasteiger partial charge on any atom is 0.343 e. The number of rotatable bonds is 8. The standard InChI is InChI=1S/C25H22N4O6/c1-16(2)23(30)27-20-10-8-17(9-11-20)24(31)28-26-15-19-14-21(29(33)34)12-13-22(19)35-25(32)18-6-4-3-5-7-18/h3-16H,1-2H3,(H,27,30)(H,28,31)/b26-15+. The maximum atomic E-state index is 12.4. The van der Waals surface area contributed by atoms with Gasteiger partial charge in [0, 0.05) is 34.9 Å². The van der Waals surface area contributed by atoms with Gasteiger partial charge in [0.2, 0.25) is 5.91 Å². The Hall–Kier alpha value is -4.86. The van der Waals surface area contributed by atoms with Crippen molar-refractivity contribution in [2.75, 3.05) is 5.32 Å². The zero-order chi connectivity index (χ0) is 25.4. The lowest BCUT2D eigenvalue weighted by molar-refractivity contribution is -0.384. The van der Waals surface area contributed by atoms with Gasteiger partial charge in [-0.25, -0.2) is 10.2 Å². The number of carbonyl (C=O) groups is 3. The van der Waals surface area contributed by atoms with E-state index in [0.29, 0.717) is 11.3 Å². The molecule has 3 aromatic carbocycles. The zero-order valence-corrected chi connectivity index (χ0v) is 18.9. The number of hydrogen-bond donors (Lipinski definition) is 2. The van der Waals surface area contributed by atoms with Gasteiger partial charge in [-0.15, -0.1) is 0 Å². The quantitative estimate of drug-likeness (QED) is 0.165. The summed E-state index contributed by atoms with van der Waals surface area (Å²) in [4.78, 5) is 47.1. The van der Waals surface area contributed by atoms with Crippen molar-refractivity contribution in [3.05, 3.63) is 99.6 Å². The Labute approximate surface area is 200 Å². The van der Waals surface area contributed by atoms with Crippen LogP contribution in [0.5, 0.6) is 5.75 Å². The Balaban J connectivity index is 1.72. The minimum Gasteiger partial charge on any atom is -0.422 e. The molecule has 0 heterocycles. The van der Waals surface area contributed by atoms with Crippen LogP contribution in [0, 0.1) is 16.0 Å². The number of anilines is 1. The average Bonchev–Trinajstić information content (AvgIpc) is 2.85. The molecule has 10 nitrogen and oxygen atoms in total. The molecular formula is C25H22N4O6. The smallest absolute Gasteiger partial charge is 0.343 e. The van der Waals surface area contributed by atoms with Crippen LogP contribution in [0.3, 0.4) is 0 Å². The van der Waals surface area contributed by atoms with Gasteiger partial charge in [-0.2, -0.15) is 5.10 Å². The Morgan fingerprint density at radius 3 is 2.29 bits per heavy atom. The van der Waals surface area contributed by atoms with E-state index in [1.807, 2.05) is 0 Å². The molecule has 0 bridgehead atoms. The summed E-state index contributed by atoms with van der Waals surface area (Å²) >= 11 is 0. The van der Waals surface area contributed by atoms with E-state index in [2.05, 4.69) is 15.8 Å². The number of nitro benzene ring substituents is 1. The average molecular weight is 474 g/mol. The lowest BCUT2D eigenvalue weighted by Crippen LogP contribution is -2.19. The van der Waals surface area contributed by atoms with E-state index >= 15 is 0 Å². The number of carbonyl (C=O) groups excluding carboxylic acids is 3. The Bertz CT molecular complexity index is 1270. The number of non-ortho nitro benzene ring substituents is 1. The van der Waals surface area contributed by atoms with Gasteiger partial charge in [-0.1, -0.05) is 32.0 Å². The van der Waals surface area contributed by atoms with Gasteiger partial charge in [0.15, 0.2) is 0 Å². The van der Waals surface area contributed by atoms with Crippen molar-refractivity contribution >= 4 is 35.4 Å². The van der Waals surface area contributed by atoms with E-state index in [0.717, 1.165) is 6.21 Å². The molecule has 0 radical (unpaired) electrons. The van der Waals surface area contributed by atoms with Gasteiger partial charge in [-0.3, -0.25) is 19.7 Å². The second kappa shape index (κ2) is 11.3. The predicted molar refractivity (Wildman–Crippen MR) is 129 cm³/mol. The maximum absolute atomic E-state index is 12.4. The van der Waals surface area contributed by atoms with Crippen molar-refractivity contribution in [1.82, 2.24) is 5.43 Å². The summed E-state index contributed by atoms with van der Waals surface area (Å²) in [6.45, 7) is 3.54. The molecule has 35 heavy (non-hydrogen) atoms. The fourth-order valence-electron chi connectivity index (χ4n) is 2.79. The summed E-state index contributed by atoms with van der Waals surface area (Å²) in [5, 5.41) is 17.7. The Morgan fingerprint density at radius 1 is 0.971 bits per heavy atom. The highest BCUT2D eigenvalue weighted by Gasteiger charge is 2.15. The van der Waals surface area contributed by atoms with E-state index in [4.69, 9.17) is 4.74 Å². The summed E-state index contributed by atoms with van der Waals surface area (Å²) in [5.74, 6) is -1.49. The number of hydrogen-bond acceptors (Lipinski definition) is 7. The van der Waals surface area contributed by atoms with Crippen molar-refractivity contribution in [3.63, 3.8) is 0 Å². The molecule has 178 valence electrons. The number of esters is 1. The molecule has 3 aromatic rings. The molecule has 0 saturated carbocycles. The fraction of sp³-hybridized carbons (Fsp3) is 0.120. The highest BCUT2D eigenvalue weighted by molar-refractivity contribution is 5.97. The number of nitrogens with one attached hydrogen (secondary N) is 2. The van der Waals surface area contributed by atoms with Crippen LogP contribution in [0.4, 0.5) is 11.4 Å². The van der Waals surface area contributed by atoms with Crippen molar-refractivity contribution < 1.29 is 24.0 Å². The first-order chi connectivity index (χ1) is 16.7. The van der Waals surface area contributed by atoms with Crippen molar-refractivity contribution in [2.45, 2.75) is 13.8 Å². The molecule has 2 amide bonds. The van der Waals surface area contributed by atoms with Crippen LogP contribution in [0.1, 0.15) is 40.1 Å². The van der Waals surface area contributed by atoms with Crippen molar-refractivity contribution in [3.8, 4) is 5.75 Å². The molecular weight excluding hydrogens is 452 g/mol. The third kappa shape index (κ3) is 6.81. The molecule has 10 heteroatoms. The molecule has 3 rings (SSSR count). The third-order valence-electron chi connectivity index (χ3n) is 4.73. The van der Waals surface area contributed by atoms with Gasteiger partial charge >= 0.3 is 5.97 Å². The molecule has 2 N–H and O–H groups in total. The zero-order valence-electron chi connectivity index (χ0n) is 18.9. The summed E-state index contributed by atoms with van der Waals surface area (Å²) in [5.41, 5.74) is 3.33. The first-order valence-electron chi connectivity index (χ1n) is 10.5. The lowest BCUT2D eigenvalue weighted by Gasteiger charge is -2.08. The SMILES string of the molecule is CC(C)C(=O)Nc1ccc(C(=O)N/N=C/c2cc([N+](=O)[O-])ccc2OC(=O)c2ccccc2)cc1. The van der Waals surface area contributed by atoms with Crippen molar-refractivity contribution in [2.24, 2.45) is 11.0 Å². The second-order valence-corrected chi connectivity index (χ2v) is 7.66. The van der Waals surface area contributed by atoms with E-state index in [9.17, 15) is 24.5 Å². The second-order valence-electron chi connectivity index (χ2n) is 7.66. The van der Waals surface area contributed by atoms with Crippen LogP contribution >= 0.6 is 0 Å². The molecule has 0 aromatic heterocycles. The summed E-state index contributed by atoms with van der Waals surface area (Å²) in [6, 6.07) is 18.1.